The minimum Gasteiger partial charge on any atom is -0.462 e. The molecule has 4 aliphatic rings. The minimum atomic E-state index is -0.338. The van der Waals surface area contributed by atoms with Gasteiger partial charge in [-0.3, -0.25) is 9.59 Å². The van der Waals surface area contributed by atoms with Crippen LogP contribution in [0.25, 0.3) is 0 Å². The molecule has 0 radical (unpaired) electrons. The average molecular weight is 481 g/mol. The fourth-order valence-electron chi connectivity index (χ4n) is 4.94. The number of nitrogens with zero attached hydrogens (tertiary/aromatic N) is 1. The number of amides is 1. The predicted molar refractivity (Wildman–Crippen MR) is 123 cm³/mol. The number of carbonyl (C=O) groups excluding carboxylic acids is 2. The quantitative estimate of drug-likeness (QED) is 0.676. The van der Waals surface area contributed by atoms with E-state index in [0.717, 1.165) is 50.4 Å². The Hall–Kier alpha value is -2.60. The van der Waals surface area contributed by atoms with Gasteiger partial charge in [0.2, 0.25) is 5.91 Å². The van der Waals surface area contributed by atoms with Gasteiger partial charge in [0.05, 0.1) is 6.04 Å². The first-order valence-corrected chi connectivity index (χ1v) is 11.4. The van der Waals surface area contributed by atoms with Crippen molar-refractivity contribution < 1.29 is 14.3 Å². The summed E-state index contributed by atoms with van der Waals surface area (Å²) in [5.41, 5.74) is 4.30. The molecule has 6 heteroatoms. The smallest absolute Gasteiger partial charge is 0.219 e. The highest BCUT2D eigenvalue weighted by molar-refractivity contribution is 9.11. The second-order valence-electron chi connectivity index (χ2n) is 9.04. The second-order valence-corrected chi connectivity index (χ2v) is 10.1. The lowest BCUT2D eigenvalue weighted by Gasteiger charge is -2.34. The molecule has 5 nitrogen and oxygen atoms in total. The number of ketones is 1. The fraction of sp³-hybridized carbons (Fsp3) is 0.360. The third kappa shape index (κ3) is 3.28. The molecule has 0 spiro atoms. The number of allylic oxidation sites excluding steroid dienone is 3. The Morgan fingerprint density at radius 3 is 2.81 bits per heavy atom. The predicted octanol–water partition coefficient (Wildman–Crippen LogP) is 4.51. The van der Waals surface area contributed by atoms with E-state index in [1.807, 2.05) is 30.4 Å². The number of benzene rings is 1. The number of fused-ring (bicyclic) bond motifs is 3. The normalized spacial score (nSPS) is 23.7. The molecule has 0 bridgehead atoms. The van der Waals surface area contributed by atoms with Gasteiger partial charge < -0.3 is 15.0 Å². The molecule has 0 saturated carbocycles. The molecule has 0 unspecified atom stereocenters. The number of rotatable bonds is 2. The molecule has 2 heterocycles. The zero-order valence-electron chi connectivity index (χ0n) is 17.9. The van der Waals surface area contributed by atoms with Crippen molar-refractivity contribution in [2.24, 2.45) is 0 Å². The molecule has 2 aliphatic heterocycles. The number of halogens is 1. The highest BCUT2D eigenvalue weighted by Crippen LogP contribution is 2.48. The molecule has 1 atom stereocenters. The highest BCUT2D eigenvalue weighted by atomic mass is 79.9. The molecule has 0 aromatic heterocycles. The van der Waals surface area contributed by atoms with E-state index in [0.29, 0.717) is 19.5 Å². The number of hydrogen-bond donors (Lipinski definition) is 1. The molecular formula is C25H25BrN2O3. The van der Waals surface area contributed by atoms with E-state index < -0.39 is 0 Å². The van der Waals surface area contributed by atoms with Gasteiger partial charge in [0, 0.05) is 55.1 Å². The summed E-state index contributed by atoms with van der Waals surface area (Å²) in [4.78, 5) is 26.8. The molecule has 160 valence electrons. The van der Waals surface area contributed by atoms with E-state index in [4.69, 9.17) is 4.74 Å². The van der Waals surface area contributed by atoms with Crippen molar-refractivity contribution in [2.75, 3.05) is 13.1 Å². The molecular weight excluding hydrogens is 456 g/mol. The van der Waals surface area contributed by atoms with Crippen molar-refractivity contribution in [1.29, 1.82) is 0 Å². The highest BCUT2D eigenvalue weighted by Gasteiger charge is 2.46. The number of ether oxygens (including phenoxy) is 1. The minimum absolute atomic E-state index is 0.0791. The number of carbonyl (C=O) groups is 2. The summed E-state index contributed by atoms with van der Waals surface area (Å²) in [5.74, 6) is 1.75. The first-order valence-electron chi connectivity index (χ1n) is 10.6. The van der Waals surface area contributed by atoms with E-state index in [-0.39, 0.29) is 23.1 Å². The summed E-state index contributed by atoms with van der Waals surface area (Å²) in [7, 11) is 0. The van der Waals surface area contributed by atoms with Crippen molar-refractivity contribution in [3.05, 3.63) is 74.6 Å². The van der Waals surface area contributed by atoms with Gasteiger partial charge >= 0.3 is 0 Å². The summed E-state index contributed by atoms with van der Waals surface area (Å²) < 4.78 is 7.28. The van der Waals surface area contributed by atoms with Crippen LogP contribution < -0.4 is 10.1 Å². The van der Waals surface area contributed by atoms with Crippen LogP contribution >= 0.6 is 15.9 Å². The number of hydrogen-bond acceptors (Lipinski definition) is 4. The molecule has 2 aliphatic carbocycles. The van der Waals surface area contributed by atoms with Crippen LogP contribution in [0.5, 0.6) is 5.75 Å². The Morgan fingerprint density at radius 2 is 2.10 bits per heavy atom. The van der Waals surface area contributed by atoms with Crippen molar-refractivity contribution >= 4 is 27.6 Å². The molecule has 1 N–H and O–H groups in total. The summed E-state index contributed by atoms with van der Waals surface area (Å²) in [6.45, 7) is 7.14. The zero-order chi connectivity index (χ0) is 21.9. The maximum absolute atomic E-state index is 13.5. The van der Waals surface area contributed by atoms with Gasteiger partial charge in [-0.05, 0) is 39.9 Å². The van der Waals surface area contributed by atoms with E-state index in [9.17, 15) is 9.59 Å². The summed E-state index contributed by atoms with van der Waals surface area (Å²) in [6, 6.07) is 5.91. The Morgan fingerprint density at radius 1 is 1.29 bits per heavy atom. The Labute approximate surface area is 190 Å². The van der Waals surface area contributed by atoms with Crippen LogP contribution in [0.2, 0.25) is 0 Å². The third-order valence-electron chi connectivity index (χ3n) is 6.70. The van der Waals surface area contributed by atoms with Crippen LogP contribution in [0, 0.1) is 0 Å². The van der Waals surface area contributed by atoms with Crippen molar-refractivity contribution in [3.63, 3.8) is 0 Å². The van der Waals surface area contributed by atoms with Crippen LogP contribution in [-0.2, 0) is 10.2 Å². The second kappa shape index (κ2) is 7.23. The van der Waals surface area contributed by atoms with Crippen molar-refractivity contribution in [3.8, 4) is 5.75 Å². The van der Waals surface area contributed by atoms with Crippen LogP contribution in [0.15, 0.2) is 63.5 Å². The van der Waals surface area contributed by atoms with Crippen molar-refractivity contribution in [2.45, 2.75) is 45.1 Å². The van der Waals surface area contributed by atoms with Gasteiger partial charge in [-0.1, -0.05) is 41.9 Å². The first-order chi connectivity index (χ1) is 14.8. The van der Waals surface area contributed by atoms with Gasteiger partial charge in [0.25, 0.3) is 0 Å². The Balaban J connectivity index is 1.47. The molecule has 31 heavy (non-hydrogen) atoms. The summed E-state index contributed by atoms with van der Waals surface area (Å²) in [6.07, 6.45) is 7.60. The van der Waals surface area contributed by atoms with Crippen LogP contribution in [0.1, 0.15) is 49.5 Å². The van der Waals surface area contributed by atoms with Gasteiger partial charge in [0.1, 0.15) is 11.5 Å². The van der Waals surface area contributed by atoms with E-state index in [1.54, 1.807) is 11.8 Å². The Kier molecular flexibility index (Phi) is 4.74. The average Bonchev–Trinajstić information content (AvgIpc) is 3.12. The van der Waals surface area contributed by atoms with Crippen LogP contribution in [0.4, 0.5) is 0 Å². The largest absolute Gasteiger partial charge is 0.462 e. The first kappa shape index (κ1) is 20.3. The van der Waals surface area contributed by atoms with Gasteiger partial charge in [-0.2, -0.15) is 0 Å². The molecule has 0 fully saturated rings. The van der Waals surface area contributed by atoms with E-state index >= 15 is 0 Å². The zero-order valence-corrected chi connectivity index (χ0v) is 19.5. The van der Waals surface area contributed by atoms with Crippen molar-refractivity contribution in [1.82, 2.24) is 10.2 Å². The molecule has 0 saturated heterocycles. The maximum atomic E-state index is 13.5. The van der Waals surface area contributed by atoms with Gasteiger partial charge in [-0.25, -0.2) is 0 Å². The molecule has 1 aromatic carbocycles. The van der Waals surface area contributed by atoms with E-state index in [1.165, 1.54) is 0 Å². The fourth-order valence-corrected chi connectivity index (χ4v) is 5.39. The van der Waals surface area contributed by atoms with Crippen LogP contribution in [0.3, 0.4) is 0 Å². The van der Waals surface area contributed by atoms with Gasteiger partial charge in [0.15, 0.2) is 5.78 Å². The standard InChI is InChI=1S/C25H25BrN2O3/c1-14(29)28-10-8-16(9-11-28)31-17-5-7-18-20(13-17)25(2,3)24-22(23(18)30)19-6-4-15(26)12-21(19)27-24/h4-8,13,21,27H,9-12H2,1-3H3/t21-/m1/s1. The maximum Gasteiger partial charge on any atom is 0.219 e. The lowest BCUT2D eigenvalue weighted by molar-refractivity contribution is -0.128. The summed E-state index contributed by atoms with van der Waals surface area (Å²) in [5, 5.41) is 3.63. The lowest BCUT2D eigenvalue weighted by atomic mass is 9.71. The Bertz CT molecular complexity index is 1140. The van der Waals surface area contributed by atoms with E-state index in [2.05, 4.69) is 41.2 Å². The van der Waals surface area contributed by atoms with Crippen LogP contribution in [-0.4, -0.2) is 35.7 Å². The topological polar surface area (TPSA) is 58.6 Å². The third-order valence-corrected chi connectivity index (χ3v) is 7.29. The monoisotopic (exact) mass is 480 g/mol. The summed E-state index contributed by atoms with van der Waals surface area (Å²) >= 11 is 3.59. The molecule has 1 amide bonds. The molecule has 1 aromatic rings. The SMILES string of the molecule is CC(=O)N1CC=C(Oc2ccc3c(c2)C(C)(C)C2=C(C3=O)C3=CC=C(Br)C[C@H]3N2)CC1. The number of Topliss-reactive ketones (excluding diaryl/α,β-unsaturated/α-hetero) is 1. The van der Waals surface area contributed by atoms with Gasteiger partial charge in [-0.15, -0.1) is 0 Å². The molecule has 5 rings (SSSR count). The lowest BCUT2D eigenvalue weighted by Crippen LogP contribution is -2.36. The number of nitrogens with one attached hydrogen (secondary N) is 1.